The van der Waals surface area contributed by atoms with Crippen LogP contribution in [0.2, 0.25) is 10.0 Å². The lowest BCUT2D eigenvalue weighted by molar-refractivity contribution is -0.138. The third-order valence-corrected chi connectivity index (χ3v) is 7.97. The van der Waals surface area contributed by atoms with Crippen molar-refractivity contribution in [1.82, 2.24) is 0 Å². The Hall–Kier alpha value is -2.79. The van der Waals surface area contributed by atoms with Gasteiger partial charge in [0.15, 0.2) is 0 Å². The largest absolute Gasteiger partial charge is 0.506 e. The van der Waals surface area contributed by atoms with Crippen LogP contribution in [0.5, 0.6) is 5.75 Å². The Morgan fingerprint density at radius 3 is 2.49 bits per heavy atom. The summed E-state index contributed by atoms with van der Waals surface area (Å²) in [6, 6.07) is 17.7. The molecule has 1 aliphatic rings. The van der Waals surface area contributed by atoms with Crippen molar-refractivity contribution in [2.24, 2.45) is 4.99 Å². The summed E-state index contributed by atoms with van der Waals surface area (Å²) in [6.45, 7) is 3.96. The predicted molar refractivity (Wildman–Crippen MR) is 165 cm³/mol. The van der Waals surface area contributed by atoms with Gasteiger partial charge in [-0.2, -0.15) is 0 Å². The standard InChI is InChI=1S/C29H22Cl2INO5S/c1-3-37-29(36)25-26(34)24(39-28(25)33-27(35)18-7-4-16(2)5-8-18)13-17-6-11-23(22(32)12-17)38-15-19-9-10-20(30)14-21(19)31/h4-14,34H,3,15H2,1-2H3/b24-13-,33-28?. The van der Waals surface area contributed by atoms with Crippen LogP contribution < -0.4 is 4.74 Å². The number of carbonyl (C=O) groups excluding carboxylic acids is 2. The van der Waals surface area contributed by atoms with Gasteiger partial charge >= 0.3 is 5.97 Å². The number of amides is 1. The summed E-state index contributed by atoms with van der Waals surface area (Å²) in [7, 11) is 0. The van der Waals surface area contributed by atoms with Crippen molar-refractivity contribution in [2.45, 2.75) is 20.5 Å². The Kier molecular flexibility index (Phi) is 9.76. The van der Waals surface area contributed by atoms with E-state index in [9.17, 15) is 14.7 Å². The van der Waals surface area contributed by atoms with Crippen LogP contribution in [0.1, 0.15) is 34.0 Å². The van der Waals surface area contributed by atoms with Gasteiger partial charge in [0.25, 0.3) is 5.91 Å². The summed E-state index contributed by atoms with van der Waals surface area (Å²) in [5, 5.41) is 12.1. The van der Waals surface area contributed by atoms with Crippen molar-refractivity contribution in [1.29, 1.82) is 0 Å². The van der Waals surface area contributed by atoms with E-state index in [4.69, 9.17) is 32.7 Å². The molecule has 0 radical (unpaired) electrons. The van der Waals surface area contributed by atoms with E-state index in [0.29, 0.717) is 26.3 Å². The van der Waals surface area contributed by atoms with Crippen molar-refractivity contribution in [3.63, 3.8) is 0 Å². The first-order chi connectivity index (χ1) is 18.7. The fourth-order valence-corrected chi connectivity index (χ4v) is 5.69. The third-order valence-electron chi connectivity index (χ3n) is 5.52. The quantitative estimate of drug-likeness (QED) is 0.199. The van der Waals surface area contributed by atoms with E-state index < -0.39 is 11.9 Å². The Balaban J connectivity index is 1.58. The first-order valence-corrected chi connectivity index (χ1v) is 14.4. The third kappa shape index (κ3) is 7.25. The number of carbonyl (C=O) groups is 2. The highest BCUT2D eigenvalue weighted by molar-refractivity contribution is 14.1. The number of nitrogens with zero attached hydrogens (tertiary/aromatic N) is 1. The average Bonchev–Trinajstić information content (AvgIpc) is 3.19. The molecule has 1 aliphatic heterocycles. The zero-order valence-corrected chi connectivity index (χ0v) is 25.3. The van der Waals surface area contributed by atoms with Gasteiger partial charge < -0.3 is 14.6 Å². The van der Waals surface area contributed by atoms with Gasteiger partial charge in [-0.15, -0.1) is 0 Å². The molecule has 0 saturated heterocycles. The van der Waals surface area contributed by atoms with Crippen molar-refractivity contribution < 1.29 is 24.2 Å². The number of aliphatic hydroxyl groups excluding tert-OH is 1. The molecule has 3 aromatic carbocycles. The SMILES string of the molecule is CCOC(=O)C1=C(O)/C(=C/c2ccc(OCc3ccc(Cl)cc3Cl)c(I)c2)SC1=NC(=O)c1ccc(C)cc1. The van der Waals surface area contributed by atoms with E-state index in [2.05, 4.69) is 27.6 Å². The zero-order valence-electron chi connectivity index (χ0n) is 20.8. The van der Waals surface area contributed by atoms with Gasteiger partial charge in [-0.3, -0.25) is 4.79 Å². The normalized spacial score (nSPS) is 15.2. The van der Waals surface area contributed by atoms with Crippen LogP contribution in [0.15, 0.2) is 81.9 Å². The number of aliphatic hydroxyl groups is 1. The van der Waals surface area contributed by atoms with Gasteiger partial charge in [-0.05, 0) is 84.5 Å². The molecular weight excluding hydrogens is 672 g/mol. The average molecular weight is 694 g/mol. The molecule has 200 valence electrons. The van der Waals surface area contributed by atoms with Gasteiger partial charge in [0.2, 0.25) is 0 Å². The minimum atomic E-state index is -0.749. The van der Waals surface area contributed by atoms with Gasteiger partial charge in [0.1, 0.15) is 28.7 Å². The Morgan fingerprint density at radius 2 is 1.82 bits per heavy atom. The Morgan fingerprint density at radius 1 is 1.08 bits per heavy atom. The van der Waals surface area contributed by atoms with Crippen molar-refractivity contribution in [2.75, 3.05) is 6.61 Å². The second kappa shape index (κ2) is 13.0. The highest BCUT2D eigenvalue weighted by Crippen LogP contribution is 2.40. The lowest BCUT2D eigenvalue weighted by Gasteiger charge is -2.10. The van der Waals surface area contributed by atoms with E-state index in [0.717, 1.165) is 32.0 Å². The van der Waals surface area contributed by atoms with Gasteiger partial charge in [0.05, 0.1) is 15.1 Å². The number of hydrogen-bond donors (Lipinski definition) is 1. The van der Waals surface area contributed by atoms with E-state index in [1.165, 1.54) is 0 Å². The zero-order chi connectivity index (χ0) is 28.1. The maximum Gasteiger partial charge on any atom is 0.344 e. The molecule has 0 atom stereocenters. The van der Waals surface area contributed by atoms with E-state index in [1.807, 2.05) is 25.1 Å². The lowest BCUT2D eigenvalue weighted by Crippen LogP contribution is -2.14. The summed E-state index contributed by atoms with van der Waals surface area (Å²) in [4.78, 5) is 29.9. The van der Waals surface area contributed by atoms with Crippen LogP contribution in [0, 0.1) is 10.5 Å². The van der Waals surface area contributed by atoms with Crippen LogP contribution in [-0.2, 0) is 16.1 Å². The molecule has 3 aromatic rings. The number of aliphatic imine (C=N–C) groups is 1. The fraction of sp³-hybridized carbons (Fsp3) is 0.138. The molecular formula is C29H22Cl2INO5S. The number of aryl methyl sites for hydroxylation is 1. The fourth-order valence-electron chi connectivity index (χ4n) is 3.51. The van der Waals surface area contributed by atoms with E-state index in [-0.39, 0.29) is 29.6 Å². The number of ether oxygens (including phenoxy) is 2. The van der Waals surface area contributed by atoms with Crippen molar-refractivity contribution in [3.05, 3.63) is 113 Å². The lowest BCUT2D eigenvalue weighted by atomic mass is 10.1. The molecule has 0 bridgehead atoms. The number of benzene rings is 3. The van der Waals surface area contributed by atoms with Crippen molar-refractivity contribution in [3.8, 4) is 5.75 Å². The summed E-state index contributed by atoms with van der Waals surface area (Å²) in [6.07, 6.45) is 1.71. The summed E-state index contributed by atoms with van der Waals surface area (Å²) >= 11 is 15.4. The van der Waals surface area contributed by atoms with E-state index in [1.54, 1.807) is 55.5 Å². The van der Waals surface area contributed by atoms with Crippen LogP contribution in [-0.4, -0.2) is 28.6 Å². The minimum absolute atomic E-state index is 0.0808. The smallest absolute Gasteiger partial charge is 0.344 e. The molecule has 39 heavy (non-hydrogen) atoms. The number of esters is 1. The topological polar surface area (TPSA) is 85.2 Å². The first-order valence-electron chi connectivity index (χ1n) is 11.7. The van der Waals surface area contributed by atoms with Gasteiger partial charge in [0, 0.05) is 21.2 Å². The molecule has 6 nitrogen and oxygen atoms in total. The highest BCUT2D eigenvalue weighted by Gasteiger charge is 2.34. The second-order valence-electron chi connectivity index (χ2n) is 8.36. The van der Waals surface area contributed by atoms with Crippen LogP contribution in [0.4, 0.5) is 0 Å². The molecule has 10 heteroatoms. The molecule has 0 saturated carbocycles. The summed E-state index contributed by atoms with van der Waals surface area (Å²) in [5.41, 5.74) is 2.80. The number of rotatable bonds is 7. The predicted octanol–water partition coefficient (Wildman–Crippen LogP) is 8.19. The Labute approximate surface area is 253 Å². The highest BCUT2D eigenvalue weighted by atomic mass is 127. The minimum Gasteiger partial charge on any atom is -0.506 e. The monoisotopic (exact) mass is 693 g/mol. The Bertz CT molecular complexity index is 1530. The van der Waals surface area contributed by atoms with Crippen molar-refractivity contribution >= 4 is 80.6 Å². The van der Waals surface area contributed by atoms with Crippen LogP contribution in [0.25, 0.3) is 6.08 Å². The number of halogens is 3. The molecule has 1 heterocycles. The second-order valence-corrected chi connectivity index (χ2v) is 11.4. The first kappa shape index (κ1) is 29.2. The summed E-state index contributed by atoms with van der Waals surface area (Å²) < 4.78 is 11.9. The molecule has 0 aromatic heterocycles. The summed E-state index contributed by atoms with van der Waals surface area (Å²) in [5.74, 6) is -0.909. The molecule has 4 rings (SSSR count). The molecule has 0 spiro atoms. The maximum absolute atomic E-state index is 12.8. The maximum atomic E-state index is 12.8. The van der Waals surface area contributed by atoms with Crippen LogP contribution >= 0.6 is 57.6 Å². The molecule has 0 fully saturated rings. The number of hydrogen-bond acceptors (Lipinski definition) is 6. The molecule has 1 amide bonds. The molecule has 1 N–H and O–H groups in total. The van der Waals surface area contributed by atoms with Gasteiger partial charge in [-0.1, -0.05) is 64.8 Å². The van der Waals surface area contributed by atoms with Gasteiger partial charge in [-0.25, -0.2) is 9.79 Å². The van der Waals surface area contributed by atoms with Crippen LogP contribution in [0.3, 0.4) is 0 Å². The molecule has 0 aliphatic carbocycles. The number of thioether (sulfide) groups is 1. The molecule has 0 unspecified atom stereocenters. The van der Waals surface area contributed by atoms with E-state index >= 15 is 0 Å².